The number of aryl methyl sites for hydroxylation is 1. The summed E-state index contributed by atoms with van der Waals surface area (Å²) >= 11 is 1.84. The molecule has 0 saturated carbocycles. The van der Waals surface area contributed by atoms with Crippen LogP contribution in [0.15, 0.2) is 58.9 Å². The Morgan fingerprint density at radius 3 is 2.67 bits per heavy atom. The molecule has 0 fully saturated rings. The number of anilines is 1. The summed E-state index contributed by atoms with van der Waals surface area (Å²) in [5, 5.41) is 16.6. The molecular formula is C32H45N5OS. The topological polar surface area (TPSA) is 73.1 Å². The zero-order valence-electron chi connectivity index (χ0n) is 24.4. The molecule has 2 heterocycles. The van der Waals surface area contributed by atoms with Gasteiger partial charge < -0.3 is 15.5 Å². The third-order valence-electron chi connectivity index (χ3n) is 6.10. The van der Waals surface area contributed by atoms with Gasteiger partial charge in [0.15, 0.2) is 0 Å². The van der Waals surface area contributed by atoms with Gasteiger partial charge in [0.1, 0.15) is 0 Å². The van der Waals surface area contributed by atoms with Crippen LogP contribution in [0.2, 0.25) is 0 Å². The number of aromatic nitrogens is 2. The molecule has 4 rings (SSSR count). The van der Waals surface area contributed by atoms with E-state index in [9.17, 15) is 4.79 Å². The van der Waals surface area contributed by atoms with Crippen molar-refractivity contribution in [3.8, 4) is 0 Å². The first-order valence-electron chi connectivity index (χ1n) is 13.8. The van der Waals surface area contributed by atoms with Gasteiger partial charge in [-0.25, -0.2) is 0 Å². The largest absolute Gasteiger partial charge is 0.328 e. The van der Waals surface area contributed by atoms with Crippen molar-refractivity contribution >= 4 is 46.9 Å². The van der Waals surface area contributed by atoms with Crippen molar-refractivity contribution in [2.45, 2.75) is 53.5 Å². The lowest BCUT2D eigenvalue weighted by Crippen LogP contribution is -2.22. The van der Waals surface area contributed by atoms with Crippen LogP contribution in [0, 0.1) is 6.92 Å². The van der Waals surface area contributed by atoms with Gasteiger partial charge in [0, 0.05) is 17.6 Å². The van der Waals surface area contributed by atoms with E-state index in [-0.39, 0.29) is 0 Å². The highest BCUT2D eigenvalue weighted by atomic mass is 32.2. The summed E-state index contributed by atoms with van der Waals surface area (Å²) in [6.45, 7) is 11.2. The third-order valence-corrected chi connectivity index (χ3v) is 7.19. The van der Waals surface area contributed by atoms with Crippen LogP contribution < -0.4 is 10.6 Å². The summed E-state index contributed by atoms with van der Waals surface area (Å²) in [7, 11) is 4.14. The molecule has 1 amide bonds. The summed E-state index contributed by atoms with van der Waals surface area (Å²) in [5.74, 6) is 0. The molecule has 0 saturated heterocycles. The fourth-order valence-electron chi connectivity index (χ4n) is 4.09. The van der Waals surface area contributed by atoms with E-state index in [2.05, 4.69) is 87.6 Å². The van der Waals surface area contributed by atoms with Crippen molar-refractivity contribution in [2.24, 2.45) is 0 Å². The monoisotopic (exact) mass is 547 g/mol. The molecule has 3 aromatic rings. The number of hydrogen-bond acceptors (Lipinski definition) is 5. The lowest BCUT2D eigenvalue weighted by molar-refractivity contribution is -0.105. The van der Waals surface area contributed by atoms with Gasteiger partial charge in [0.2, 0.25) is 6.41 Å². The van der Waals surface area contributed by atoms with Crippen LogP contribution in [0.3, 0.4) is 0 Å². The van der Waals surface area contributed by atoms with Gasteiger partial charge in [-0.1, -0.05) is 63.3 Å². The molecule has 0 aliphatic carbocycles. The summed E-state index contributed by atoms with van der Waals surface area (Å²) in [6.07, 6.45) is 12.7. The van der Waals surface area contributed by atoms with Gasteiger partial charge in [0.05, 0.1) is 11.2 Å². The normalized spacial score (nSPS) is 12.5. The highest BCUT2D eigenvalue weighted by Crippen LogP contribution is 2.26. The number of amides is 1. The van der Waals surface area contributed by atoms with Crippen LogP contribution in [0.25, 0.3) is 23.1 Å². The van der Waals surface area contributed by atoms with Crippen LogP contribution in [-0.4, -0.2) is 48.7 Å². The zero-order valence-corrected chi connectivity index (χ0v) is 25.2. The number of hydrogen-bond donors (Lipinski definition) is 3. The molecule has 2 aromatic carbocycles. The molecule has 0 atom stereocenters. The van der Waals surface area contributed by atoms with Crippen LogP contribution in [0.4, 0.5) is 5.69 Å². The fraction of sp³-hybridized carbons (Fsp3) is 0.375. The van der Waals surface area contributed by atoms with Crippen molar-refractivity contribution < 1.29 is 4.79 Å². The second-order valence-electron chi connectivity index (χ2n) is 9.11. The van der Waals surface area contributed by atoms with Gasteiger partial charge in [-0.3, -0.25) is 9.89 Å². The summed E-state index contributed by atoms with van der Waals surface area (Å²) in [6, 6.07) is 12.5. The fourth-order valence-corrected chi connectivity index (χ4v) is 4.83. The maximum absolute atomic E-state index is 10.8. The molecular weight excluding hydrogens is 502 g/mol. The Kier molecular flexibility index (Phi) is 15.0. The minimum absolute atomic E-state index is 0.699. The number of thioether (sulfide) groups is 1. The molecule has 0 bridgehead atoms. The molecule has 3 N–H and O–H groups in total. The molecule has 0 unspecified atom stereocenters. The van der Waals surface area contributed by atoms with E-state index in [1.54, 1.807) is 0 Å². The Morgan fingerprint density at radius 1 is 1.18 bits per heavy atom. The van der Waals surface area contributed by atoms with Gasteiger partial charge in [-0.2, -0.15) is 5.10 Å². The molecule has 1 aromatic heterocycles. The van der Waals surface area contributed by atoms with Crippen LogP contribution in [-0.2, 0) is 11.3 Å². The third kappa shape index (κ3) is 10.9. The second-order valence-corrected chi connectivity index (χ2v) is 10.1. The lowest BCUT2D eigenvalue weighted by Gasteiger charge is -2.16. The van der Waals surface area contributed by atoms with Crippen molar-refractivity contribution in [3.63, 3.8) is 0 Å². The van der Waals surface area contributed by atoms with E-state index in [4.69, 9.17) is 0 Å². The Balaban J connectivity index is 0.000000451. The van der Waals surface area contributed by atoms with Crippen LogP contribution in [0.1, 0.15) is 62.4 Å². The molecule has 1 aliphatic rings. The number of H-pyrrole nitrogens is 1. The highest BCUT2D eigenvalue weighted by Gasteiger charge is 2.07. The number of aromatic amines is 1. The molecule has 7 heteroatoms. The average Bonchev–Trinajstić information content (AvgIpc) is 3.35. The molecule has 39 heavy (non-hydrogen) atoms. The van der Waals surface area contributed by atoms with E-state index in [1.807, 2.05) is 57.8 Å². The van der Waals surface area contributed by atoms with Crippen molar-refractivity contribution in [2.75, 3.05) is 32.5 Å². The van der Waals surface area contributed by atoms with Gasteiger partial charge in [0.25, 0.3) is 0 Å². The predicted octanol–water partition coefficient (Wildman–Crippen LogP) is 7.61. The predicted molar refractivity (Wildman–Crippen MR) is 172 cm³/mol. The number of carbonyl (C=O) groups excluding carboxylic acids is 1. The minimum Gasteiger partial charge on any atom is -0.328 e. The van der Waals surface area contributed by atoms with Gasteiger partial charge in [-0.05, 0) is 98.6 Å². The molecule has 1 aliphatic heterocycles. The minimum atomic E-state index is 0.699. The summed E-state index contributed by atoms with van der Waals surface area (Å²) in [4.78, 5) is 14.7. The maximum atomic E-state index is 10.8. The number of nitrogens with zero attached hydrogens (tertiary/aromatic N) is 2. The summed E-state index contributed by atoms with van der Waals surface area (Å²) in [5.41, 5.74) is 6.03. The van der Waals surface area contributed by atoms with Crippen LogP contribution in [0.5, 0.6) is 0 Å². The standard InChI is InChI=1S/C23H29N5O.C7H10S.C2H6/c1-17-12-23-20(14-22(17)25-16-29)21(26-27-23)9-8-18-6-4-7-19(13-18)15-28(3)11-5-10-24-2;1-2-7-5-3-4-6-8-7;1-2/h4,6-9,12-14,16,24H,5,10-11,15H2,1-3H3,(H,25,29)(H,26,27);4-6H,2-3H2,1H3;1-2H3/b9-8+;;. The lowest BCUT2D eigenvalue weighted by atomic mass is 10.1. The maximum Gasteiger partial charge on any atom is 0.211 e. The number of nitrogens with one attached hydrogen (secondary N) is 3. The van der Waals surface area contributed by atoms with Gasteiger partial charge in [-0.15, -0.1) is 11.8 Å². The van der Waals surface area contributed by atoms with Crippen molar-refractivity contribution in [3.05, 3.63) is 81.2 Å². The second kappa shape index (κ2) is 18.2. The quantitative estimate of drug-likeness (QED) is 0.170. The molecule has 0 radical (unpaired) electrons. The molecule has 6 nitrogen and oxygen atoms in total. The number of carbonyl (C=O) groups is 1. The first kappa shape index (κ1) is 32.1. The van der Waals surface area contributed by atoms with E-state index in [0.717, 1.165) is 65.9 Å². The first-order valence-corrected chi connectivity index (χ1v) is 14.7. The van der Waals surface area contributed by atoms with E-state index in [0.29, 0.717) is 6.41 Å². The van der Waals surface area contributed by atoms with E-state index < -0.39 is 0 Å². The Labute approximate surface area is 239 Å². The van der Waals surface area contributed by atoms with Gasteiger partial charge >= 0.3 is 0 Å². The SMILES string of the molecule is CC.CCC1=CCC=CS1.CNCCCN(C)Cc1cccc(/C=C/c2n[nH]c3cc(C)c(NC=O)cc23)c1. The number of rotatable bonds is 11. The van der Waals surface area contributed by atoms with Crippen molar-refractivity contribution in [1.29, 1.82) is 0 Å². The van der Waals surface area contributed by atoms with Crippen LogP contribution >= 0.6 is 11.8 Å². The smallest absolute Gasteiger partial charge is 0.211 e. The average molecular weight is 548 g/mol. The Bertz CT molecular complexity index is 1240. The van der Waals surface area contributed by atoms with E-state index >= 15 is 0 Å². The number of fused-ring (bicyclic) bond motifs is 1. The number of allylic oxidation sites excluding steroid dienone is 3. The number of benzene rings is 2. The zero-order chi connectivity index (χ0) is 28.5. The van der Waals surface area contributed by atoms with E-state index in [1.165, 1.54) is 16.9 Å². The first-order chi connectivity index (χ1) is 19.0. The van der Waals surface area contributed by atoms with Crippen molar-refractivity contribution in [1.82, 2.24) is 20.4 Å². The Hall–Kier alpha value is -3.13. The Morgan fingerprint density at radius 2 is 2.00 bits per heavy atom. The summed E-state index contributed by atoms with van der Waals surface area (Å²) < 4.78 is 0. The molecule has 210 valence electrons. The highest BCUT2D eigenvalue weighted by molar-refractivity contribution is 8.05. The molecule has 0 spiro atoms.